The lowest BCUT2D eigenvalue weighted by molar-refractivity contribution is 0.0694. The molecule has 134 valence electrons. The fourth-order valence-corrected chi connectivity index (χ4v) is 3.14. The van der Waals surface area contributed by atoms with Crippen molar-refractivity contribution in [2.24, 2.45) is 0 Å². The summed E-state index contributed by atoms with van der Waals surface area (Å²) in [4.78, 5) is 14.2. The Morgan fingerprint density at radius 2 is 2.08 bits per heavy atom. The van der Waals surface area contributed by atoms with Crippen LogP contribution in [0, 0.1) is 6.92 Å². The van der Waals surface area contributed by atoms with Gasteiger partial charge in [-0.15, -0.1) is 0 Å². The molecule has 3 aromatic rings. The number of carbonyl (C=O) groups excluding carboxylic acids is 1. The molecular weight excluding hydrogens is 334 g/mol. The number of aromatic nitrogens is 4. The van der Waals surface area contributed by atoms with E-state index in [2.05, 4.69) is 20.0 Å². The Morgan fingerprint density at radius 3 is 2.81 bits per heavy atom. The van der Waals surface area contributed by atoms with Gasteiger partial charge in [-0.05, 0) is 23.7 Å². The molecule has 26 heavy (non-hydrogen) atoms. The first kappa shape index (κ1) is 16.5. The van der Waals surface area contributed by atoms with Crippen molar-refractivity contribution in [2.45, 2.75) is 32.5 Å². The van der Waals surface area contributed by atoms with E-state index in [4.69, 9.17) is 0 Å². The summed E-state index contributed by atoms with van der Waals surface area (Å²) in [7, 11) is 0. The van der Waals surface area contributed by atoms with E-state index in [9.17, 15) is 9.90 Å². The van der Waals surface area contributed by atoms with Crippen LogP contribution in [-0.4, -0.2) is 42.6 Å². The van der Waals surface area contributed by atoms with Crippen molar-refractivity contribution in [1.82, 2.24) is 25.0 Å². The smallest absolute Gasteiger partial charge is 0.278 e. The second-order valence-corrected chi connectivity index (χ2v) is 6.41. The Labute approximate surface area is 150 Å². The molecule has 0 fully saturated rings. The number of aliphatic hydroxyl groups excluding tert-OH is 1. The van der Waals surface area contributed by atoms with E-state index >= 15 is 0 Å². The van der Waals surface area contributed by atoms with Crippen LogP contribution in [0.3, 0.4) is 0 Å². The van der Waals surface area contributed by atoms with Gasteiger partial charge >= 0.3 is 0 Å². The number of fused-ring (bicyclic) bond motifs is 1. The maximum absolute atomic E-state index is 12.6. The van der Waals surface area contributed by atoms with Gasteiger partial charge in [0.25, 0.3) is 5.91 Å². The molecule has 4 rings (SSSR count). The zero-order valence-corrected chi connectivity index (χ0v) is 14.4. The predicted octanol–water partition coefficient (Wildman–Crippen LogP) is 1.51. The Morgan fingerprint density at radius 1 is 1.27 bits per heavy atom. The van der Waals surface area contributed by atoms with Gasteiger partial charge in [0.1, 0.15) is 11.8 Å². The molecule has 0 bridgehead atoms. The third kappa shape index (κ3) is 3.11. The molecular formula is C18H19N5O3. The molecule has 1 amide bonds. The Balaban J connectivity index is 1.48. The van der Waals surface area contributed by atoms with Gasteiger partial charge in [0.05, 0.1) is 24.5 Å². The van der Waals surface area contributed by atoms with E-state index in [1.807, 2.05) is 41.1 Å². The first-order valence-electron chi connectivity index (χ1n) is 8.49. The number of carbonyl (C=O) groups is 1. The van der Waals surface area contributed by atoms with Gasteiger partial charge in [-0.3, -0.25) is 9.48 Å². The fourth-order valence-electron chi connectivity index (χ4n) is 3.14. The van der Waals surface area contributed by atoms with Crippen molar-refractivity contribution < 1.29 is 14.5 Å². The molecule has 0 aliphatic carbocycles. The molecule has 0 spiro atoms. The zero-order valence-electron chi connectivity index (χ0n) is 14.4. The summed E-state index contributed by atoms with van der Waals surface area (Å²) in [6.45, 7) is 3.20. The maximum atomic E-state index is 12.6. The number of nitrogens with zero attached hydrogens (tertiary/aromatic N) is 5. The van der Waals surface area contributed by atoms with E-state index in [-0.39, 0.29) is 11.6 Å². The summed E-state index contributed by atoms with van der Waals surface area (Å²) in [5.41, 5.74) is 3.28. The van der Waals surface area contributed by atoms with Crippen molar-refractivity contribution in [3.05, 3.63) is 64.7 Å². The largest absolute Gasteiger partial charge is 0.386 e. The third-order valence-corrected chi connectivity index (χ3v) is 4.57. The van der Waals surface area contributed by atoms with Gasteiger partial charge in [-0.1, -0.05) is 35.5 Å². The third-order valence-electron chi connectivity index (χ3n) is 4.57. The minimum atomic E-state index is -0.679. The molecule has 1 aliphatic heterocycles. The van der Waals surface area contributed by atoms with Crippen molar-refractivity contribution in [3.8, 4) is 0 Å². The number of benzene rings is 1. The number of aryl methyl sites for hydroxylation is 1. The van der Waals surface area contributed by atoms with Crippen LogP contribution in [0.2, 0.25) is 0 Å². The highest BCUT2D eigenvalue weighted by atomic mass is 16.6. The van der Waals surface area contributed by atoms with Gasteiger partial charge in [-0.25, -0.2) is 4.63 Å². The van der Waals surface area contributed by atoms with Crippen LogP contribution in [0.15, 0.2) is 41.0 Å². The first-order chi connectivity index (χ1) is 12.6. The highest BCUT2D eigenvalue weighted by Crippen LogP contribution is 2.22. The summed E-state index contributed by atoms with van der Waals surface area (Å²) in [6.07, 6.45) is -0.175. The van der Waals surface area contributed by atoms with E-state index in [1.165, 1.54) is 0 Å². The average molecular weight is 353 g/mol. The molecule has 0 saturated heterocycles. The molecule has 8 nitrogen and oxygen atoms in total. The lowest BCUT2D eigenvalue weighted by atomic mass is 10.1. The monoisotopic (exact) mass is 353 g/mol. The molecule has 0 radical (unpaired) electrons. The summed E-state index contributed by atoms with van der Waals surface area (Å²) in [5, 5.41) is 22.3. The van der Waals surface area contributed by atoms with Crippen LogP contribution in [0.5, 0.6) is 0 Å². The minimum absolute atomic E-state index is 0.206. The summed E-state index contributed by atoms with van der Waals surface area (Å²) in [5.74, 6) is -0.206. The number of rotatable bonds is 4. The minimum Gasteiger partial charge on any atom is -0.386 e. The fraction of sp³-hybridized carbons (Fsp3) is 0.333. The van der Waals surface area contributed by atoms with Crippen molar-refractivity contribution in [2.75, 3.05) is 6.54 Å². The van der Waals surface area contributed by atoms with E-state index < -0.39 is 6.10 Å². The number of amides is 1. The Kier molecular flexibility index (Phi) is 4.26. The number of aliphatic hydroxyl groups is 1. The van der Waals surface area contributed by atoms with Crippen molar-refractivity contribution >= 4 is 5.91 Å². The average Bonchev–Trinajstić information content (AvgIpc) is 3.27. The van der Waals surface area contributed by atoms with Crippen molar-refractivity contribution in [3.63, 3.8) is 0 Å². The lowest BCUT2D eigenvalue weighted by Gasteiger charge is -2.26. The Bertz CT molecular complexity index is 918. The highest BCUT2D eigenvalue weighted by Gasteiger charge is 2.27. The predicted molar refractivity (Wildman–Crippen MR) is 91.1 cm³/mol. The van der Waals surface area contributed by atoms with Crippen LogP contribution >= 0.6 is 0 Å². The van der Waals surface area contributed by atoms with Gasteiger partial charge in [0.15, 0.2) is 5.69 Å². The molecule has 1 atom stereocenters. The molecule has 0 unspecified atom stereocenters. The number of hydrogen-bond acceptors (Lipinski definition) is 6. The van der Waals surface area contributed by atoms with Crippen LogP contribution in [-0.2, 0) is 19.5 Å². The second-order valence-electron chi connectivity index (χ2n) is 6.41. The van der Waals surface area contributed by atoms with Crippen LogP contribution in [0.25, 0.3) is 0 Å². The van der Waals surface area contributed by atoms with Gasteiger partial charge < -0.3 is 10.0 Å². The molecule has 3 heterocycles. The topological polar surface area (TPSA) is 97.3 Å². The van der Waals surface area contributed by atoms with Gasteiger partial charge in [-0.2, -0.15) is 5.10 Å². The second kappa shape index (κ2) is 6.72. The quantitative estimate of drug-likeness (QED) is 0.763. The van der Waals surface area contributed by atoms with E-state index in [0.717, 1.165) is 11.3 Å². The maximum Gasteiger partial charge on any atom is 0.278 e. The zero-order chi connectivity index (χ0) is 18.1. The summed E-state index contributed by atoms with van der Waals surface area (Å²) >= 11 is 0. The van der Waals surface area contributed by atoms with Gasteiger partial charge in [0, 0.05) is 13.0 Å². The Hall–Kier alpha value is -3.00. The molecule has 8 heteroatoms. The van der Waals surface area contributed by atoms with Gasteiger partial charge in [0.2, 0.25) is 0 Å². The normalized spacial score (nSPS) is 14.9. The standard InChI is InChI=1S/C18H19N5O3/c1-12-17(21-26-20-12)18(25)22-7-8-23-14(11-22)10-15(19-23)16(24)9-13-5-3-2-4-6-13/h2-6,10,16,24H,7-9,11H2,1H3/t16-/m0/s1. The van der Waals surface area contributed by atoms with Crippen LogP contribution in [0.1, 0.15) is 39.2 Å². The molecule has 1 N–H and O–H groups in total. The van der Waals surface area contributed by atoms with Crippen molar-refractivity contribution in [1.29, 1.82) is 0 Å². The molecule has 0 saturated carbocycles. The molecule has 1 aromatic carbocycles. The van der Waals surface area contributed by atoms with Crippen LogP contribution in [0.4, 0.5) is 0 Å². The summed E-state index contributed by atoms with van der Waals surface area (Å²) < 4.78 is 6.47. The lowest BCUT2D eigenvalue weighted by Crippen LogP contribution is -2.38. The van der Waals surface area contributed by atoms with E-state index in [1.54, 1.807) is 11.8 Å². The first-order valence-corrected chi connectivity index (χ1v) is 8.49. The number of hydrogen-bond donors (Lipinski definition) is 1. The summed E-state index contributed by atoms with van der Waals surface area (Å²) in [6, 6.07) is 11.7. The SMILES string of the molecule is Cc1nonc1C(=O)N1CCn2nc([C@@H](O)Cc3ccccc3)cc2C1. The van der Waals surface area contributed by atoms with Crippen LogP contribution < -0.4 is 0 Å². The van der Waals surface area contributed by atoms with E-state index in [0.29, 0.717) is 37.4 Å². The molecule has 2 aromatic heterocycles. The highest BCUT2D eigenvalue weighted by molar-refractivity contribution is 5.93. The molecule has 1 aliphatic rings.